The molecule has 15 heteroatoms. The predicted octanol–water partition coefficient (Wildman–Crippen LogP) is 3.52. The van der Waals surface area contributed by atoms with E-state index in [1.807, 2.05) is 4.72 Å². The van der Waals surface area contributed by atoms with Crippen molar-refractivity contribution in [1.82, 2.24) is 19.1 Å². The van der Waals surface area contributed by atoms with E-state index in [4.69, 9.17) is 21.1 Å². The molecular weight excluding hydrogens is 553 g/mol. The molecule has 2 aromatic carbocycles. The molecule has 1 N–H and O–H groups in total. The van der Waals surface area contributed by atoms with Crippen LogP contribution in [0.25, 0.3) is 5.69 Å². The molecule has 10 nitrogen and oxygen atoms in total. The first-order valence-corrected chi connectivity index (χ1v) is 13.0. The van der Waals surface area contributed by atoms with Gasteiger partial charge < -0.3 is 9.47 Å². The molecule has 0 fully saturated rings. The van der Waals surface area contributed by atoms with Gasteiger partial charge in [-0.3, -0.25) is 4.79 Å². The molecule has 1 amide bonds. The van der Waals surface area contributed by atoms with E-state index in [0.717, 1.165) is 19.1 Å². The van der Waals surface area contributed by atoms with Crippen LogP contribution in [0, 0.1) is 12.7 Å². The minimum absolute atomic E-state index is 0.0562. The number of nitrogens with one attached hydrogen (secondary N) is 1. The summed E-state index contributed by atoms with van der Waals surface area (Å²) in [4.78, 5) is 24.8. The summed E-state index contributed by atoms with van der Waals surface area (Å²) in [6.07, 6.45) is -1.00. The van der Waals surface area contributed by atoms with Crippen LogP contribution < -0.4 is 19.9 Å². The molecule has 204 valence electrons. The van der Waals surface area contributed by atoms with Crippen molar-refractivity contribution in [3.8, 4) is 17.2 Å². The van der Waals surface area contributed by atoms with Crippen LogP contribution in [-0.2, 0) is 21.2 Å². The fraction of sp³-hybridized carbons (Fsp3) is 0.348. The largest absolute Gasteiger partial charge is 0.486 e. The van der Waals surface area contributed by atoms with E-state index in [9.17, 15) is 31.2 Å². The first kappa shape index (κ1) is 27.5. The van der Waals surface area contributed by atoms with Crippen molar-refractivity contribution < 1.29 is 35.9 Å². The lowest BCUT2D eigenvalue weighted by molar-refractivity contribution is -0.125. The predicted molar refractivity (Wildman–Crippen MR) is 129 cm³/mol. The highest BCUT2D eigenvalue weighted by molar-refractivity contribution is 7.90. The Balaban J connectivity index is 1.58. The van der Waals surface area contributed by atoms with Crippen LogP contribution in [-0.4, -0.2) is 40.4 Å². The van der Waals surface area contributed by atoms with E-state index in [0.29, 0.717) is 16.7 Å². The molecule has 1 unspecified atom stereocenters. The van der Waals surface area contributed by atoms with Gasteiger partial charge in [0.25, 0.3) is 15.9 Å². The van der Waals surface area contributed by atoms with Gasteiger partial charge >= 0.3 is 12.2 Å². The number of hydrogen-bond donors (Lipinski definition) is 1. The van der Waals surface area contributed by atoms with Crippen LogP contribution in [0.1, 0.15) is 38.7 Å². The lowest BCUT2D eigenvalue weighted by Gasteiger charge is -2.19. The standard InChI is InChI=1S/C23H22ClF3N4O6S/c1-11(20(32)29-38(34,35)18-7-5-6-13-10-23(3,4)37-19(13)18)36-17-9-16(15(25)8-14(17)24)31-22(33)30(21(26)27)12(2)28-31/h5-9,11,21H,10H2,1-4H3,(H,29,32). The van der Waals surface area contributed by atoms with Crippen molar-refractivity contribution in [3.63, 3.8) is 0 Å². The highest BCUT2D eigenvalue weighted by Crippen LogP contribution is 2.39. The fourth-order valence-corrected chi connectivity index (χ4v) is 5.35. The second-order valence-corrected chi connectivity index (χ2v) is 11.2. The number of carbonyl (C=O) groups is 1. The number of amides is 1. The quantitative estimate of drug-likeness (QED) is 0.458. The van der Waals surface area contributed by atoms with Crippen molar-refractivity contribution in [2.24, 2.45) is 0 Å². The number of halogens is 4. The number of fused-ring (bicyclic) bond motifs is 1. The molecule has 0 bridgehead atoms. The molecule has 4 rings (SSSR count). The Labute approximate surface area is 220 Å². The zero-order chi connectivity index (χ0) is 28.2. The van der Waals surface area contributed by atoms with Gasteiger partial charge in [0, 0.05) is 12.5 Å². The first-order chi connectivity index (χ1) is 17.6. The zero-order valence-electron chi connectivity index (χ0n) is 20.5. The fourth-order valence-electron chi connectivity index (χ4n) is 3.94. The average molecular weight is 575 g/mol. The van der Waals surface area contributed by atoms with Gasteiger partial charge in [0.15, 0.2) is 11.9 Å². The summed E-state index contributed by atoms with van der Waals surface area (Å²) < 4.78 is 80.5. The van der Waals surface area contributed by atoms with E-state index in [1.54, 1.807) is 19.9 Å². The van der Waals surface area contributed by atoms with Gasteiger partial charge in [-0.15, -0.1) is 5.10 Å². The molecule has 38 heavy (non-hydrogen) atoms. The van der Waals surface area contributed by atoms with Crippen LogP contribution in [0.5, 0.6) is 11.5 Å². The van der Waals surface area contributed by atoms with Gasteiger partial charge in [0.2, 0.25) is 0 Å². The Bertz CT molecular complexity index is 1600. The lowest BCUT2D eigenvalue weighted by Crippen LogP contribution is -2.40. The van der Waals surface area contributed by atoms with Crippen LogP contribution in [0.3, 0.4) is 0 Å². The van der Waals surface area contributed by atoms with Crippen LogP contribution in [0.4, 0.5) is 13.2 Å². The van der Waals surface area contributed by atoms with Gasteiger partial charge in [-0.25, -0.2) is 26.9 Å². The SMILES string of the molecule is Cc1nn(-c2cc(OC(C)C(=O)NS(=O)(=O)c3cccc4c3OC(C)(C)C4)c(Cl)cc2F)c(=O)n1C(F)F. The second-order valence-electron chi connectivity index (χ2n) is 9.14. The Morgan fingerprint density at radius 3 is 2.61 bits per heavy atom. The molecule has 0 radical (unpaired) electrons. The van der Waals surface area contributed by atoms with Crippen molar-refractivity contribution in [2.75, 3.05) is 0 Å². The summed E-state index contributed by atoms with van der Waals surface area (Å²) >= 11 is 6.02. The van der Waals surface area contributed by atoms with Crippen molar-refractivity contribution in [3.05, 3.63) is 63.0 Å². The molecular formula is C23H22ClF3N4O6S. The Kier molecular flexibility index (Phi) is 6.99. The highest BCUT2D eigenvalue weighted by Gasteiger charge is 2.36. The molecule has 2 heterocycles. The lowest BCUT2D eigenvalue weighted by atomic mass is 10.0. The highest BCUT2D eigenvalue weighted by atomic mass is 35.5. The number of para-hydroxylation sites is 1. The smallest absolute Gasteiger partial charge is 0.355 e. The molecule has 1 aromatic heterocycles. The summed E-state index contributed by atoms with van der Waals surface area (Å²) in [5.74, 6) is -2.73. The van der Waals surface area contributed by atoms with Gasteiger partial charge in [-0.05, 0) is 45.4 Å². The normalized spacial score (nSPS) is 15.2. The van der Waals surface area contributed by atoms with E-state index in [2.05, 4.69) is 5.10 Å². The van der Waals surface area contributed by atoms with E-state index < -0.39 is 51.4 Å². The minimum atomic E-state index is -4.38. The number of sulfonamides is 1. The Morgan fingerprint density at radius 1 is 1.29 bits per heavy atom. The van der Waals surface area contributed by atoms with Crippen LogP contribution in [0.15, 0.2) is 40.0 Å². The minimum Gasteiger partial charge on any atom is -0.486 e. The average Bonchev–Trinajstić information content (AvgIpc) is 3.28. The number of benzene rings is 2. The van der Waals surface area contributed by atoms with Crippen LogP contribution in [0.2, 0.25) is 5.02 Å². The summed E-state index contributed by atoms with van der Waals surface area (Å²) in [7, 11) is -4.38. The van der Waals surface area contributed by atoms with Gasteiger partial charge in [0.05, 0.1) is 5.02 Å². The maximum absolute atomic E-state index is 14.6. The summed E-state index contributed by atoms with van der Waals surface area (Å²) in [5.41, 5.74) is -1.85. The molecule has 0 saturated carbocycles. The molecule has 3 aromatic rings. The van der Waals surface area contributed by atoms with Gasteiger partial charge in [0.1, 0.15) is 33.5 Å². The van der Waals surface area contributed by atoms with E-state index in [-0.39, 0.29) is 31.8 Å². The van der Waals surface area contributed by atoms with Crippen molar-refractivity contribution in [2.45, 2.75) is 57.3 Å². The maximum atomic E-state index is 14.6. The molecule has 0 saturated heterocycles. The number of ether oxygens (including phenoxy) is 2. The zero-order valence-corrected chi connectivity index (χ0v) is 22.0. The van der Waals surface area contributed by atoms with Gasteiger partial charge in [-0.2, -0.15) is 13.5 Å². The van der Waals surface area contributed by atoms with Crippen molar-refractivity contribution >= 4 is 27.5 Å². The number of carbonyl (C=O) groups excluding carboxylic acids is 1. The van der Waals surface area contributed by atoms with Crippen molar-refractivity contribution in [1.29, 1.82) is 0 Å². The summed E-state index contributed by atoms with van der Waals surface area (Å²) in [6, 6.07) is 6.18. The number of aryl methyl sites for hydroxylation is 1. The monoisotopic (exact) mass is 574 g/mol. The third-order valence-corrected chi connectivity index (χ3v) is 7.32. The molecule has 1 atom stereocenters. The third kappa shape index (κ3) is 5.10. The number of alkyl halides is 2. The number of rotatable bonds is 7. The van der Waals surface area contributed by atoms with E-state index >= 15 is 0 Å². The number of hydrogen-bond acceptors (Lipinski definition) is 7. The molecule has 1 aliphatic rings. The van der Waals surface area contributed by atoms with E-state index in [1.165, 1.54) is 19.1 Å². The molecule has 1 aliphatic heterocycles. The Morgan fingerprint density at radius 2 is 1.97 bits per heavy atom. The molecule has 0 aliphatic carbocycles. The number of nitrogens with zero attached hydrogens (tertiary/aromatic N) is 3. The topological polar surface area (TPSA) is 122 Å². The third-order valence-electron chi connectivity index (χ3n) is 5.66. The molecule has 0 spiro atoms. The summed E-state index contributed by atoms with van der Waals surface area (Å²) in [5, 5.41) is 3.32. The van der Waals surface area contributed by atoms with Crippen LogP contribution >= 0.6 is 11.6 Å². The maximum Gasteiger partial charge on any atom is 0.355 e. The van der Waals surface area contributed by atoms with Gasteiger partial charge in [-0.1, -0.05) is 23.7 Å². The Hall–Kier alpha value is -3.52. The first-order valence-electron chi connectivity index (χ1n) is 11.1. The number of aromatic nitrogens is 3. The summed E-state index contributed by atoms with van der Waals surface area (Å²) in [6.45, 7) is 2.73. The second kappa shape index (κ2) is 9.66.